The predicted molar refractivity (Wildman–Crippen MR) is 44.2 cm³/mol. The second-order valence-corrected chi connectivity index (χ2v) is 3.36. The van der Waals surface area contributed by atoms with Gasteiger partial charge in [-0.1, -0.05) is 17.9 Å². The lowest BCUT2D eigenvalue weighted by Gasteiger charge is -1.89. The molecular weight excluding hydrogens is 269 g/mol. The standard InChI is InChI=1S/C8H12NS.HI/c1-4-5-9-7(2)6-10-8(9)3;/h4,6H,1,5H2,2-3H3;1H/q+1;/p-1. The van der Waals surface area contributed by atoms with Gasteiger partial charge in [0, 0.05) is 13.8 Å². The molecule has 0 N–H and O–H groups in total. The van der Waals surface area contributed by atoms with Gasteiger partial charge in [-0.3, -0.25) is 0 Å². The minimum atomic E-state index is 0. The van der Waals surface area contributed by atoms with Crippen LogP contribution in [0.1, 0.15) is 10.7 Å². The Hall–Kier alpha value is 0.1000. The molecule has 0 aliphatic heterocycles. The monoisotopic (exact) mass is 281 g/mol. The molecule has 62 valence electrons. The van der Waals surface area contributed by atoms with Crippen molar-refractivity contribution in [1.82, 2.24) is 0 Å². The maximum absolute atomic E-state index is 3.70. The van der Waals surface area contributed by atoms with Crippen LogP contribution in [0.5, 0.6) is 0 Å². The molecule has 0 unspecified atom stereocenters. The lowest BCUT2D eigenvalue weighted by Crippen LogP contribution is -3.00. The molecule has 0 aliphatic rings. The molecule has 0 radical (unpaired) electrons. The van der Waals surface area contributed by atoms with Crippen LogP contribution in [0.4, 0.5) is 0 Å². The molecule has 0 atom stereocenters. The number of aryl methyl sites for hydroxylation is 2. The smallest absolute Gasteiger partial charge is 0.234 e. The fourth-order valence-corrected chi connectivity index (χ4v) is 1.76. The Bertz CT molecular complexity index is 223. The first-order valence-electron chi connectivity index (χ1n) is 3.31. The summed E-state index contributed by atoms with van der Waals surface area (Å²) in [4.78, 5) is 0. The van der Waals surface area contributed by atoms with Crippen LogP contribution in [-0.4, -0.2) is 0 Å². The van der Waals surface area contributed by atoms with Crippen molar-refractivity contribution < 1.29 is 28.5 Å². The summed E-state index contributed by atoms with van der Waals surface area (Å²) >= 11 is 1.79. The van der Waals surface area contributed by atoms with Crippen molar-refractivity contribution in [3.8, 4) is 0 Å². The molecule has 3 heteroatoms. The van der Waals surface area contributed by atoms with Crippen molar-refractivity contribution in [2.24, 2.45) is 0 Å². The molecule has 0 saturated carbocycles. The van der Waals surface area contributed by atoms with E-state index in [1.54, 1.807) is 11.3 Å². The zero-order chi connectivity index (χ0) is 7.56. The first-order chi connectivity index (χ1) is 4.75. The summed E-state index contributed by atoms with van der Waals surface area (Å²) in [6, 6.07) is 0. The highest BCUT2D eigenvalue weighted by atomic mass is 127. The molecule has 0 bridgehead atoms. The second-order valence-electron chi connectivity index (χ2n) is 2.30. The van der Waals surface area contributed by atoms with Gasteiger partial charge in [-0.2, -0.15) is 4.57 Å². The van der Waals surface area contributed by atoms with E-state index in [4.69, 9.17) is 0 Å². The first kappa shape index (κ1) is 11.1. The Morgan fingerprint density at radius 3 is 2.64 bits per heavy atom. The molecule has 0 fully saturated rings. The van der Waals surface area contributed by atoms with Crippen LogP contribution in [0.25, 0.3) is 0 Å². The van der Waals surface area contributed by atoms with Gasteiger partial charge in [0.25, 0.3) is 0 Å². The second kappa shape index (κ2) is 4.87. The van der Waals surface area contributed by atoms with Crippen molar-refractivity contribution in [2.75, 3.05) is 0 Å². The summed E-state index contributed by atoms with van der Waals surface area (Å²) in [7, 11) is 0. The lowest BCUT2D eigenvalue weighted by molar-refractivity contribution is -0.693. The van der Waals surface area contributed by atoms with Crippen LogP contribution in [0.3, 0.4) is 0 Å². The normalized spacial score (nSPS) is 8.91. The zero-order valence-corrected chi connectivity index (χ0v) is 9.78. The fourth-order valence-electron chi connectivity index (χ4n) is 0.948. The van der Waals surface area contributed by atoms with E-state index in [-0.39, 0.29) is 24.0 Å². The third kappa shape index (κ3) is 2.56. The third-order valence-electron chi connectivity index (χ3n) is 1.52. The van der Waals surface area contributed by atoms with Crippen molar-refractivity contribution in [2.45, 2.75) is 20.4 Å². The van der Waals surface area contributed by atoms with E-state index < -0.39 is 0 Å². The van der Waals surface area contributed by atoms with E-state index in [2.05, 4.69) is 30.4 Å². The summed E-state index contributed by atoms with van der Waals surface area (Å²) in [5.41, 5.74) is 1.32. The van der Waals surface area contributed by atoms with Crippen LogP contribution >= 0.6 is 11.3 Å². The third-order valence-corrected chi connectivity index (χ3v) is 2.54. The van der Waals surface area contributed by atoms with Gasteiger partial charge >= 0.3 is 0 Å². The van der Waals surface area contributed by atoms with Crippen LogP contribution in [0, 0.1) is 13.8 Å². The molecule has 1 aromatic heterocycles. The summed E-state index contributed by atoms with van der Waals surface area (Å²) in [5.74, 6) is 0. The van der Waals surface area contributed by atoms with Gasteiger partial charge in [0.15, 0.2) is 12.2 Å². The Morgan fingerprint density at radius 1 is 1.64 bits per heavy atom. The SMILES string of the molecule is C=CC[n+]1c(C)csc1C.[I-]. The number of hydrogen-bond acceptors (Lipinski definition) is 1. The molecular formula is C8H12INS. The molecule has 0 aromatic carbocycles. The quantitative estimate of drug-likeness (QED) is 0.366. The molecule has 1 aromatic rings. The minimum Gasteiger partial charge on any atom is -1.00 e. The van der Waals surface area contributed by atoms with Crippen LogP contribution in [0.15, 0.2) is 18.0 Å². The van der Waals surface area contributed by atoms with E-state index in [0.717, 1.165) is 6.54 Å². The fraction of sp³-hybridized carbons (Fsp3) is 0.375. The average molecular weight is 281 g/mol. The van der Waals surface area contributed by atoms with Crippen LogP contribution in [0.2, 0.25) is 0 Å². The topological polar surface area (TPSA) is 3.88 Å². The molecule has 0 saturated heterocycles. The summed E-state index contributed by atoms with van der Waals surface area (Å²) < 4.78 is 2.25. The molecule has 1 rings (SSSR count). The predicted octanol–water partition coefficient (Wildman–Crippen LogP) is -1.16. The summed E-state index contributed by atoms with van der Waals surface area (Å²) in [6.07, 6.45) is 1.92. The van der Waals surface area contributed by atoms with Crippen LogP contribution in [-0.2, 0) is 6.54 Å². The van der Waals surface area contributed by atoms with E-state index in [0.29, 0.717) is 0 Å². The van der Waals surface area contributed by atoms with E-state index >= 15 is 0 Å². The van der Waals surface area contributed by atoms with Gasteiger partial charge in [-0.05, 0) is 6.08 Å². The molecule has 1 nitrogen and oxygen atoms in total. The van der Waals surface area contributed by atoms with Gasteiger partial charge in [0.05, 0.1) is 5.38 Å². The average Bonchev–Trinajstić information content (AvgIpc) is 2.20. The molecule has 0 amide bonds. The lowest BCUT2D eigenvalue weighted by atomic mass is 10.5. The van der Waals surface area contributed by atoms with Gasteiger partial charge in [-0.25, -0.2) is 0 Å². The molecule has 11 heavy (non-hydrogen) atoms. The zero-order valence-electron chi connectivity index (χ0n) is 6.80. The highest BCUT2D eigenvalue weighted by molar-refractivity contribution is 7.09. The highest BCUT2D eigenvalue weighted by Gasteiger charge is 2.09. The highest BCUT2D eigenvalue weighted by Crippen LogP contribution is 2.03. The largest absolute Gasteiger partial charge is 1.00 e. The Morgan fingerprint density at radius 2 is 2.27 bits per heavy atom. The minimum absolute atomic E-state index is 0. The molecule has 0 aliphatic carbocycles. The number of nitrogens with zero attached hydrogens (tertiary/aromatic N) is 1. The van der Waals surface area contributed by atoms with Crippen molar-refractivity contribution in [3.05, 3.63) is 28.7 Å². The van der Waals surface area contributed by atoms with Crippen molar-refractivity contribution in [1.29, 1.82) is 0 Å². The number of aromatic nitrogens is 1. The molecule has 0 spiro atoms. The number of rotatable bonds is 2. The maximum atomic E-state index is 3.70. The Balaban J connectivity index is 0.000001000. The van der Waals surface area contributed by atoms with E-state index in [1.165, 1.54) is 10.7 Å². The van der Waals surface area contributed by atoms with E-state index in [1.807, 2.05) is 6.08 Å². The van der Waals surface area contributed by atoms with Crippen LogP contribution < -0.4 is 28.5 Å². The first-order valence-corrected chi connectivity index (χ1v) is 4.19. The summed E-state index contributed by atoms with van der Waals surface area (Å²) in [5, 5.41) is 3.51. The van der Waals surface area contributed by atoms with E-state index in [9.17, 15) is 0 Å². The number of hydrogen-bond donors (Lipinski definition) is 0. The van der Waals surface area contributed by atoms with Gasteiger partial charge in [0.2, 0.25) is 5.01 Å². The van der Waals surface area contributed by atoms with Gasteiger partial charge < -0.3 is 24.0 Å². The molecule has 1 heterocycles. The van der Waals surface area contributed by atoms with Crippen molar-refractivity contribution in [3.63, 3.8) is 0 Å². The number of halogens is 1. The Kier molecular flexibility index (Phi) is 4.92. The Labute approximate surface area is 88.8 Å². The maximum Gasteiger partial charge on any atom is 0.234 e. The van der Waals surface area contributed by atoms with Gasteiger partial charge in [-0.15, -0.1) is 0 Å². The number of thiazole rings is 1. The summed E-state index contributed by atoms with van der Waals surface area (Å²) in [6.45, 7) is 8.88. The van der Waals surface area contributed by atoms with Crippen molar-refractivity contribution >= 4 is 11.3 Å². The number of allylic oxidation sites excluding steroid dienone is 1. The van der Waals surface area contributed by atoms with Gasteiger partial charge in [0.1, 0.15) is 0 Å².